The molecular weight excluding hydrogens is 267 g/mol. The highest BCUT2D eigenvalue weighted by Gasteiger charge is 2.26. The molecule has 0 bridgehead atoms. The Morgan fingerprint density at radius 1 is 1.29 bits per heavy atom. The Bertz CT molecular complexity index is 315. The number of nitrogens with zero attached hydrogens (tertiary/aromatic N) is 1. The van der Waals surface area contributed by atoms with E-state index in [4.69, 9.17) is 26.0 Å². The van der Waals surface area contributed by atoms with E-state index in [1.54, 1.807) is 20.8 Å². The van der Waals surface area contributed by atoms with Crippen molar-refractivity contribution >= 4 is 30.6 Å². The quantitative estimate of drug-likeness (QED) is 0.725. The van der Waals surface area contributed by atoms with Crippen LogP contribution in [0.1, 0.15) is 20.8 Å². The lowest BCUT2D eigenvalue weighted by atomic mass is 10.6. The van der Waals surface area contributed by atoms with Crippen LogP contribution in [-0.4, -0.2) is 41.9 Å². The average molecular weight is 284 g/mol. The number of nitrogens with one attached hydrogen (secondary N) is 1. The monoisotopic (exact) mass is 284 g/mol. The first-order chi connectivity index (χ1) is 7.90. The Kier molecular flexibility index (Phi) is 7.29. The molecule has 7 nitrogen and oxygen atoms in total. The number of carboxylic acid groups (broad SMARTS) is 1. The van der Waals surface area contributed by atoms with E-state index in [1.807, 2.05) is 0 Å². The first-order valence-corrected chi connectivity index (χ1v) is 7.75. The van der Waals surface area contributed by atoms with Crippen LogP contribution in [0.2, 0.25) is 0 Å². The molecule has 0 radical (unpaired) electrons. The standard InChI is InChI=1S/C8H17N2O5PS/c1-4-10(8(12)13)7(11)9-16(17,14-5-2)15-6-3/h4-6H2,1-3H3,(H,12,13)(H,9,11,17). The van der Waals surface area contributed by atoms with Gasteiger partial charge in [-0.2, -0.15) is 0 Å². The summed E-state index contributed by atoms with van der Waals surface area (Å²) in [5.74, 6) is 0. The second kappa shape index (κ2) is 7.60. The van der Waals surface area contributed by atoms with Crippen molar-refractivity contribution in [2.24, 2.45) is 0 Å². The molecule has 0 aliphatic heterocycles. The van der Waals surface area contributed by atoms with Crippen LogP contribution in [0.15, 0.2) is 0 Å². The van der Waals surface area contributed by atoms with Crippen LogP contribution in [0.5, 0.6) is 0 Å². The fraction of sp³-hybridized carbons (Fsp3) is 0.750. The van der Waals surface area contributed by atoms with Crippen molar-refractivity contribution in [2.45, 2.75) is 20.8 Å². The van der Waals surface area contributed by atoms with Crippen molar-refractivity contribution in [1.82, 2.24) is 9.99 Å². The summed E-state index contributed by atoms with van der Waals surface area (Å²) in [7, 11) is 0. The van der Waals surface area contributed by atoms with Gasteiger partial charge in [-0.1, -0.05) is 0 Å². The SMILES string of the molecule is CCOP(=S)(NC(=O)N(CC)C(=O)O)OCC. The molecule has 2 N–H and O–H groups in total. The van der Waals surface area contributed by atoms with E-state index in [0.29, 0.717) is 4.90 Å². The van der Waals surface area contributed by atoms with Gasteiger partial charge in [0.15, 0.2) is 0 Å². The van der Waals surface area contributed by atoms with Gasteiger partial charge in [-0.25, -0.2) is 14.5 Å². The summed E-state index contributed by atoms with van der Waals surface area (Å²) in [6.45, 7) is 2.58. The third kappa shape index (κ3) is 5.45. The second-order valence-corrected chi connectivity index (χ2v) is 5.95. The summed E-state index contributed by atoms with van der Waals surface area (Å²) in [4.78, 5) is 22.9. The third-order valence-electron chi connectivity index (χ3n) is 1.62. The maximum Gasteiger partial charge on any atom is 0.415 e. The zero-order chi connectivity index (χ0) is 13.5. The minimum atomic E-state index is -2.95. The Balaban J connectivity index is 4.70. The Hall–Kier alpha value is -0.690. The summed E-state index contributed by atoms with van der Waals surface area (Å²) in [5, 5.41) is 11.1. The average Bonchev–Trinajstić information content (AvgIpc) is 2.17. The lowest BCUT2D eigenvalue weighted by molar-refractivity contribution is 0.151. The molecule has 0 saturated carbocycles. The fourth-order valence-corrected chi connectivity index (χ4v) is 3.09. The maximum atomic E-state index is 11.6. The summed E-state index contributed by atoms with van der Waals surface area (Å²) < 4.78 is 10.3. The molecule has 0 fully saturated rings. The lowest BCUT2D eigenvalue weighted by Gasteiger charge is -2.24. The number of urea groups is 1. The number of rotatable bonds is 6. The van der Waals surface area contributed by atoms with E-state index in [2.05, 4.69) is 5.09 Å². The lowest BCUT2D eigenvalue weighted by Crippen LogP contribution is -2.42. The van der Waals surface area contributed by atoms with Crippen LogP contribution in [0.4, 0.5) is 9.59 Å². The van der Waals surface area contributed by atoms with Crippen molar-refractivity contribution in [3.8, 4) is 0 Å². The molecule has 0 aromatic heterocycles. The molecule has 0 aliphatic rings. The molecule has 0 unspecified atom stereocenters. The van der Waals surface area contributed by atoms with Crippen molar-refractivity contribution in [1.29, 1.82) is 0 Å². The number of hydrogen-bond donors (Lipinski definition) is 2. The van der Waals surface area contributed by atoms with E-state index in [9.17, 15) is 9.59 Å². The van der Waals surface area contributed by atoms with Gasteiger partial charge in [-0.05, 0) is 32.6 Å². The molecule has 100 valence electrons. The van der Waals surface area contributed by atoms with Crippen molar-refractivity contribution in [3.05, 3.63) is 0 Å². The third-order valence-corrected chi connectivity index (χ3v) is 4.19. The molecule has 0 atom stereocenters. The first kappa shape index (κ1) is 16.3. The van der Waals surface area contributed by atoms with Crippen LogP contribution >= 0.6 is 6.64 Å². The van der Waals surface area contributed by atoms with E-state index in [-0.39, 0.29) is 19.8 Å². The maximum absolute atomic E-state index is 11.6. The zero-order valence-corrected chi connectivity index (χ0v) is 11.7. The molecule has 17 heavy (non-hydrogen) atoms. The smallest absolute Gasteiger partial charge is 0.415 e. The Morgan fingerprint density at radius 2 is 1.76 bits per heavy atom. The molecule has 3 amide bonds. The summed E-state index contributed by atoms with van der Waals surface area (Å²) >= 11 is 5.05. The van der Waals surface area contributed by atoms with Gasteiger partial charge in [-0.15, -0.1) is 0 Å². The number of carbonyl (C=O) groups is 2. The predicted octanol–water partition coefficient (Wildman–Crippen LogP) is 1.99. The Labute approximate surface area is 105 Å². The fourth-order valence-electron chi connectivity index (χ4n) is 0.985. The molecule has 0 aliphatic carbocycles. The van der Waals surface area contributed by atoms with E-state index in [1.165, 1.54) is 0 Å². The normalized spacial score (nSPS) is 11.0. The molecule has 0 rings (SSSR count). The van der Waals surface area contributed by atoms with Crippen molar-refractivity contribution in [3.63, 3.8) is 0 Å². The Morgan fingerprint density at radius 3 is 2.06 bits per heavy atom. The number of amides is 3. The molecule has 0 spiro atoms. The first-order valence-electron chi connectivity index (χ1n) is 5.12. The van der Waals surface area contributed by atoms with E-state index in [0.717, 1.165) is 0 Å². The van der Waals surface area contributed by atoms with Gasteiger partial charge in [0, 0.05) is 6.54 Å². The van der Waals surface area contributed by atoms with Crippen LogP contribution < -0.4 is 5.09 Å². The van der Waals surface area contributed by atoms with Crippen LogP contribution in [0.25, 0.3) is 0 Å². The van der Waals surface area contributed by atoms with Gasteiger partial charge in [0.2, 0.25) is 0 Å². The highest BCUT2D eigenvalue weighted by atomic mass is 32.5. The van der Waals surface area contributed by atoms with Gasteiger partial charge in [0.05, 0.1) is 13.2 Å². The topological polar surface area (TPSA) is 88.1 Å². The van der Waals surface area contributed by atoms with Gasteiger partial charge >= 0.3 is 12.1 Å². The highest BCUT2D eigenvalue weighted by Crippen LogP contribution is 2.43. The van der Waals surface area contributed by atoms with Crippen LogP contribution in [0, 0.1) is 0 Å². The highest BCUT2D eigenvalue weighted by molar-refractivity contribution is 8.09. The van der Waals surface area contributed by atoms with Gasteiger partial charge in [0.1, 0.15) is 0 Å². The van der Waals surface area contributed by atoms with Gasteiger partial charge < -0.3 is 14.2 Å². The summed E-state index contributed by atoms with van der Waals surface area (Å²) in [6.07, 6.45) is -1.35. The molecule has 0 aromatic rings. The minimum Gasteiger partial charge on any atom is -0.465 e. The van der Waals surface area contributed by atoms with Crippen LogP contribution in [0.3, 0.4) is 0 Å². The van der Waals surface area contributed by atoms with Gasteiger partial charge in [-0.3, -0.25) is 5.09 Å². The second-order valence-electron chi connectivity index (χ2n) is 2.78. The predicted molar refractivity (Wildman–Crippen MR) is 66.5 cm³/mol. The van der Waals surface area contributed by atoms with Crippen molar-refractivity contribution < 1.29 is 23.7 Å². The molecule has 0 heterocycles. The number of carbonyl (C=O) groups excluding carboxylic acids is 1. The minimum absolute atomic E-state index is 0.0226. The van der Waals surface area contributed by atoms with E-state index < -0.39 is 18.8 Å². The number of hydrogen-bond acceptors (Lipinski definition) is 5. The number of imide groups is 1. The van der Waals surface area contributed by atoms with E-state index >= 15 is 0 Å². The van der Waals surface area contributed by atoms with Crippen molar-refractivity contribution in [2.75, 3.05) is 19.8 Å². The van der Waals surface area contributed by atoms with Gasteiger partial charge in [0.25, 0.3) is 6.64 Å². The molecular formula is C8H17N2O5PS. The molecule has 0 saturated heterocycles. The zero-order valence-electron chi connectivity index (χ0n) is 10.0. The molecule has 0 aromatic carbocycles. The summed E-state index contributed by atoms with van der Waals surface area (Å²) in [6, 6.07) is -0.828. The largest absolute Gasteiger partial charge is 0.465 e. The summed E-state index contributed by atoms with van der Waals surface area (Å²) in [5.41, 5.74) is 0. The van der Waals surface area contributed by atoms with Crippen LogP contribution in [-0.2, 0) is 20.9 Å². The molecule has 9 heteroatoms.